The third-order valence-electron chi connectivity index (χ3n) is 5.20. The first kappa shape index (κ1) is 20.0. The first-order chi connectivity index (χ1) is 14.8. The molecule has 30 heavy (non-hydrogen) atoms. The van der Waals surface area contributed by atoms with Gasteiger partial charge in [-0.25, -0.2) is 9.37 Å². The van der Waals surface area contributed by atoms with Crippen molar-refractivity contribution < 1.29 is 9.13 Å². The number of imidazole rings is 1. The Labute approximate surface area is 176 Å². The van der Waals surface area contributed by atoms with Crippen LogP contribution in [0, 0.1) is 5.82 Å². The molecule has 1 unspecified atom stereocenters. The van der Waals surface area contributed by atoms with Gasteiger partial charge in [0.15, 0.2) is 0 Å². The van der Waals surface area contributed by atoms with E-state index >= 15 is 0 Å². The van der Waals surface area contributed by atoms with E-state index in [4.69, 9.17) is 4.74 Å². The van der Waals surface area contributed by atoms with Crippen LogP contribution in [0.2, 0.25) is 0 Å². The van der Waals surface area contributed by atoms with Crippen molar-refractivity contribution in [1.29, 1.82) is 0 Å². The molecule has 0 fully saturated rings. The first-order valence-electron chi connectivity index (χ1n) is 10.2. The van der Waals surface area contributed by atoms with Crippen molar-refractivity contribution in [3.05, 3.63) is 126 Å². The second-order valence-corrected chi connectivity index (χ2v) is 7.41. The molecule has 0 amide bonds. The molecule has 4 heteroatoms. The van der Waals surface area contributed by atoms with E-state index in [1.807, 2.05) is 16.8 Å². The highest BCUT2D eigenvalue weighted by Crippen LogP contribution is 2.23. The lowest BCUT2D eigenvalue weighted by Gasteiger charge is -2.19. The molecule has 3 nitrogen and oxygen atoms in total. The Morgan fingerprint density at radius 2 is 1.47 bits per heavy atom. The van der Waals surface area contributed by atoms with E-state index in [9.17, 15) is 4.39 Å². The van der Waals surface area contributed by atoms with Crippen LogP contribution in [0.4, 0.5) is 4.39 Å². The Hall–Kier alpha value is -3.24. The lowest BCUT2D eigenvalue weighted by Crippen LogP contribution is -2.12. The molecule has 0 saturated carbocycles. The number of hydrogen-bond acceptors (Lipinski definition) is 2. The number of ether oxygens (including phenoxy) is 1. The minimum atomic E-state index is -0.236. The summed E-state index contributed by atoms with van der Waals surface area (Å²) in [5.74, 6) is -0.236. The van der Waals surface area contributed by atoms with Crippen LogP contribution in [0.15, 0.2) is 97.6 Å². The van der Waals surface area contributed by atoms with E-state index in [-0.39, 0.29) is 11.9 Å². The van der Waals surface area contributed by atoms with Crippen molar-refractivity contribution >= 4 is 0 Å². The predicted molar refractivity (Wildman–Crippen MR) is 116 cm³/mol. The maximum Gasteiger partial charge on any atom is 0.123 e. The molecule has 1 heterocycles. The number of aryl methyl sites for hydroxylation is 2. The summed E-state index contributed by atoms with van der Waals surface area (Å²) < 4.78 is 21.4. The number of aromatic nitrogens is 2. The Morgan fingerprint density at radius 1 is 0.800 bits per heavy atom. The van der Waals surface area contributed by atoms with Gasteiger partial charge < -0.3 is 9.30 Å². The van der Waals surface area contributed by atoms with Crippen LogP contribution < -0.4 is 0 Å². The minimum absolute atomic E-state index is 0.118. The van der Waals surface area contributed by atoms with Gasteiger partial charge in [0.2, 0.25) is 0 Å². The Balaban J connectivity index is 1.43. The van der Waals surface area contributed by atoms with Gasteiger partial charge in [-0.15, -0.1) is 0 Å². The van der Waals surface area contributed by atoms with Crippen LogP contribution in [0.3, 0.4) is 0 Å². The van der Waals surface area contributed by atoms with Gasteiger partial charge in [0.05, 0.1) is 19.5 Å². The van der Waals surface area contributed by atoms with Gasteiger partial charge in [-0.3, -0.25) is 0 Å². The highest BCUT2D eigenvalue weighted by Gasteiger charge is 2.14. The predicted octanol–water partition coefficient (Wildman–Crippen LogP) is 5.77. The van der Waals surface area contributed by atoms with Crippen LogP contribution in [0.5, 0.6) is 0 Å². The molecule has 0 saturated heterocycles. The maximum atomic E-state index is 13.2. The smallest absolute Gasteiger partial charge is 0.123 e. The second-order valence-electron chi connectivity index (χ2n) is 7.41. The summed E-state index contributed by atoms with van der Waals surface area (Å²) in [6.45, 7) is 1.10. The molecule has 0 aliphatic rings. The molecule has 0 bridgehead atoms. The Morgan fingerprint density at radius 3 is 2.13 bits per heavy atom. The van der Waals surface area contributed by atoms with Gasteiger partial charge in [0.1, 0.15) is 11.9 Å². The number of halogens is 1. The summed E-state index contributed by atoms with van der Waals surface area (Å²) in [5.41, 5.74) is 4.73. The van der Waals surface area contributed by atoms with Crippen molar-refractivity contribution in [2.45, 2.75) is 32.1 Å². The lowest BCUT2D eigenvalue weighted by atomic mass is 10.0. The molecule has 0 aliphatic carbocycles. The van der Waals surface area contributed by atoms with Gasteiger partial charge in [0.25, 0.3) is 0 Å². The topological polar surface area (TPSA) is 27.1 Å². The maximum absolute atomic E-state index is 13.2. The van der Waals surface area contributed by atoms with E-state index in [1.54, 1.807) is 24.7 Å². The molecule has 3 aromatic carbocycles. The van der Waals surface area contributed by atoms with Crippen molar-refractivity contribution in [3.63, 3.8) is 0 Å². The summed E-state index contributed by atoms with van der Waals surface area (Å²) >= 11 is 0. The van der Waals surface area contributed by atoms with Gasteiger partial charge in [0, 0.05) is 12.4 Å². The molecule has 0 spiro atoms. The SMILES string of the molecule is Fc1ccc(COC(Cn2ccnc2)c2ccc(CCc3ccccc3)cc2)cc1. The third-order valence-corrected chi connectivity index (χ3v) is 5.20. The van der Waals surface area contributed by atoms with E-state index in [0.717, 1.165) is 24.0 Å². The monoisotopic (exact) mass is 400 g/mol. The fourth-order valence-electron chi connectivity index (χ4n) is 3.45. The largest absolute Gasteiger partial charge is 0.367 e. The fourth-order valence-corrected chi connectivity index (χ4v) is 3.45. The normalized spacial score (nSPS) is 12.0. The number of hydrogen-bond donors (Lipinski definition) is 0. The zero-order valence-corrected chi connectivity index (χ0v) is 16.8. The average molecular weight is 400 g/mol. The summed E-state index contributed by atoms with van der Waals surface area (Å²) in [6, 6.07) is 25.6. The number of benzene rings is 3. The van der Waals surface area contributed by atoms with Crippen molar-refractivity contribution in [1.82, 2.24) is 9.55 Å². The lowest BCUT2D eigenvalue weighted by molar-refractivity contribution is 0.0279. The van der Waals surface area contributed by atoms with Crippen molar-refractivity contribution in [2.24, 2.45) is 0 Å². The standard InChI is InChI=1S/C26H25FN2O/c27-25-14-10-23(11-15-25)19-30-26(18-29-17-16-28-20-29)24-12-8-22(9-13-24)7-6-21-4-2-1-3-5-21/h1-5,8-17,20,26H,6-7,18-19H2. The van der Waals surface area contributed by atoms with E-state index in [2.05, 4.69) is 53.5 Å². The summed E-state index contributed by atoms with van der Waals surface area (Å²) in [4.78, 5) is 4.13. The second kappa shape index (κ2) is 9.99. The summed E-state index contributed by atoms with van der Waals surface area (Å²) in [5, 5.41) is 0. The molecular weight excluding hydrogens is 375 g/mol. The quantitative estimate of drug-likeness (QED) is 0.357. The molecule has 0 radical (unpaired) electrons. The molecule has 0 aliphatic heterocycles. The molecule has 0 N–H and O–H groups in total. The number of rotatable bonds is 9. The van der Waals surface area contributed by atoms with E-state index in [0.29, 0.717) is 13.2 Å². The zero-order chi connectivity index (χ0) is 20.6. The van der Waals surface area contributed by atoms with Crippen molar-refractivity contribution in [2.75, 3.05) is 0 Å². The van der Waals surface area contributed by atoms with E-state index < -0.39 is 0 Å². The molecule has 152 valence electrons. The Kier molecular flexibility index (Phi) is 6.68. The highest BCUT2D eigenvalue weighted by atomic mass is 19.1. The van der Waals surface area contributed by atoms with Crippen LogP contribution in [0.25, 0.3) is 0 Å². The van der Waals surface area contributed by atoms with Gasteiger partial charge in [-0.2, -0.15) is 0 Å². The molecular formula is C26H25FN2O. The first-order valence-corrected chi connectivity index (χ1v) is 10.2. The Bertz CT molecular complexity index is 1010. The molecule has 4 aromatic rings. The van der Waals surface area contributed by atoms with Gasteiger partial charge in [-0.05, 0) is 47.2 Å². The summed E-state index contributed by atoms with van der Waals surface area (Å²) in [7, 11) is 0. The fraction of sp³-hybridized carbons (Fsp3) is 0.192. The van der Waals surface area contributed by atoms with Gasteiger partial charge >= 0.3 is 0 Å². The summed E-state index contributed by atoms with van der Waals surface area (Å²) in [6.07, 6.45) is 7.41. The number of nitrogens with zero attached hydrogens (tertiary/aromatic N) is 2. The molecule has 4 rings (SSSR count). The van der Waals surface area contributed by atoms with Crippen LogP contribution >= 0.6 is 0 Å². The van der Waals surface area contributed by atoms with Crippen LogP contribution in [-0.4, -0.2) is 9.55 Å². The minimum Gasteiger partial charge on any atom is -0.367 e. The molecule has 1 atom stereocenters. The highest BCUT2D eigenvalue weighted by molar-refractivity contribution is 5.26. The van der Waals surface area contributed by atoms with Crippen LogP contribution in [-0.2, 0) is 30.7 Å². The average Bonchev–Trinajstić information content (AvgIpc) is 3.31. The third kappa shape index (κ3) is 5.65. The zero-order valence-electron chi connectivity index (χ0n) is 16.8. The van der Waals surface area contributed by atoms with Crippen molar-refractivity contribution in [3.8, 4) is 0 Å². The van der Waals surface area contributed by atoms with E-state index in [1.165, 1.54) is 23.3 Å². The molecule has 1 aromatic heterocycles. The van der Waals surface area contributed by atoms with Crippen LogP contribution in [0.1, 0.15) is 28.4 Å². The van der Waals surface area contributed by atoms with Gasteiger partial charge in [-0.1, -0.05) is 66.7 Å².